The molecule has 134 valence electrons. The number of piperidine rings is 1. The van der Waals surface area contributed by atoms with Gasteiger partial charge in [-0.3, -0.25) is 4.79 Å². The van der Waals surface area contributed by atoms with Crippen molar-refractivity contribution in [1.82, 2.24) is 20.4 Å². The van der Waals surface area contributed by atoms with Gasteiger partial charge in [-0.25, -0.2) is 4.63 Å². The van der Waals surface area contributed by atoms with Gasteiger partial charge in [0.1, 0.15) is 17.1 Å². The van der Waals surface area contributed by atoms with E-state index in [1.807, 2.05) is 4.90 Å². The Morgan fingerprint density at radius 2 is 2.00 bits per heavy atom. The van der Waals surface area contributed by atoms with Crippen LogP contribution in [0.1, 0.15) is 60.5 Å². The van der Waals surface area contributed by atoms with E-state index in [1.165, 1.54) is 12.0 Å². The van der Waals surface area contributed by atoms with Crippen LogP contribution in [0.5, 0.6) is 0 Å². The molecule has 0 bridgehead atoms. The molecule has 0 saturated carbocycles. The normalized spacial score (nSPS) is 21.4. The van der Waals surface area contributed by atoms with Crippen LogP contribution in [0.25, 0.3) is 0 Å². The molecule has 1 saturated heterocycles. The molecule has 2 aliphatic rings. The fourth-order valence-corrected chi connectivity index (χ4v) is 3.98. The Morgan fingerprint density at radius 1 is 1.20 bits per heavy atom. The van der Waals surface area contributed by atoms with E-state index < -0.39 is 0 Å². The highest BCUT2D eigenvalue weighted by Crippen LogP contribution is 2.36. The zero-order chi connectivity index (χ0) is 17.4. The molecule has 4 rings (SSSR count). The monoisotopic (exact) mass is 344 g/mol. The van der Waals surface area contributed by atoms with Crippen molar-refractivity contribution >= 4 is 5.91 Å². The second-order valence-electron chi connectivity index (χ2n) is 7.45. The summed E-state index contributed by atoms with van der Waals surface area (Å²) in [6.07, 6.45) is 5.42. The summed E-state index contributed by atoms with van der Waals surface area (Å²) in [5.41, 5.74) is 3.81. The predicted octanol–water partition coefficient (Wildman–Crippen LogP) is 2.44. The van der Waals surface area contributed by atoms with Crippen molar-refractivity contribution in [3.63, 3.8) is 0 Å². The first-order chi connectivity index (χ1) is 12.1. The maximum absolute atomic E-state index is 12.5. The second kappa shape index (κ2) is 6.61. The first-order valence-corrected chi connectivity index (χ1v) is 9.15. The summed E-state index contributed by atoms with van der Waals surface area (Å²) in [6, 6.07) is 0. The van der Waals surface area contributed by atoms with Crippen molar-refractivity contribution in [2.24, 2.45) is 5.92 Å². The zero-order valence-electron chi connectivity index (χ0n) is 14.8. The number of hydrogen-bond acceptors (Lipinski definition) is 6. The van der Waals surface area contributed by atoms with Gasteiger partial charge in [-0.2, -0.15) is 0 Å². The van der Waals surface area contributed by atoms with Crippen molar-refractivity contribution in [3.8, 4) is 0 Å². The summed E-state index contributed by atoms with van der Waals surface area (Å²) in [7, 11) is 0. The number of amides is 1. The molecule has 1 aliphatic heterocycles. The number of hydrogen-bond donors (Lipinski definition) is 0. The van der Waals surface area contributed by atoms with Gasteiger partial charge in [0.2, 0.25) is 5.91 Å². The van der Waals surface area contributed by atoms with Crippen LogP contribution in [0.3, 0.4) is 0 Å². The van der Waals surface area contributed by atoms with E-state index in [9.17, 15) is 4.79 Å². The van der Waals surface area contributed by atoms with Crippen LogP contribution in [-0.2, 0) is 24.1 Å². The average Bonchev–Trinajstić information content (AvgIpc) is 3.21. The highest BCUT2D eigenvalue weighted by Gasteiger charge is 2.31. The van der Waals surface area contributed by atoms with E-state index in [1.54, 1.807) is 6.92 Å². The maximum Gasteiger partial charge on any atom is 0.228 e. The Hall–Kier alpha value is -2.18. The van der Waals surface area contributed by atoms with Gasteiger partial charge in [-0.1, -0.05) is 22.4 Å². The third-order valence-corrected chi connectivity index (χ3v) is 5.61. The zero-order valence-corrected chi connectivity index (χ0v) is 14.8. The van der Waals surface area contributed by atoms with Crippen LogP contribution in [0.2, 0.25) is 0 Å². The molecular weight excluding hydrogens is 320 g/mol. The second-order valence-corrected chi connectivity index (χ2v) is 7.45. The Kier molecular flexibility index (Phi) is 4.31. The molecule has 7 nitrogen and oxygen atoms in total. The average molecular weight is 344 g/mol. The van der Waals surface area contributed by atoms with Crippen LogP contribution in [-0.4, -0.2) is 39.4 Å². The number of fused-ring (bicyclic) bond motifs is 1. The highest BCUT2D eigenvalue weighted by molar-refractivity contribution is 5.78. The number of nitrogens with zero attached hydrogens (tertiary/aromatic N) is 4. The fourth-order valence-electron chi connectivity index (χ4n) is 3.98. The number of carbonyl (C=O) groups excluding carboxylic acids is 1. The molecule has 1 atom stereocenters. The molecule has 0 aromatic carbocycles. The van der Waals surface area contributed by atoms with Crippen LogP contribution >= 0.6 is 0 Å². The van der Waals surface area contributed by atoms with E-state index in [-0.39, 0.29) is 12.3 Å². The van der Waals surface area contributed by atoms with Gasteiger partial charge < -0.3 is 9.42 Å². The first-order valence-electron chi connectivity index (χ1n) is 9.15. The van der Waals surface area contributed by atoms with Crippen molar-refractivity contribution < 1.29 is 13.9 Å². The van der Waals surface area contributed by atoms with Crippen LogP contribution in [0.15, 0.2) is 9.15 Å². The van der Waals surface area contributed by atoms with Gasteiger partial charge in [0.25, 0.3) is 0 Å². The highest BCUT2D eigenvalue weighted by atomic mass is 16.6. The van der Waals surface area contributed by atoms with Gasteiger partial charge in [-0.05, 0) is 44.9 Å². The lowest BCUT2D eigenvalue weighted by Crippen LogP contribution is -2.39. The smallest absolute Gasteiger partial charge is 0.228 e. The van der Waals surface area contributed by atoms with Gasteiger partial charge in [-0.15, -0.1) is 0 Å². The van der Waals surface area contributed by atoms with E-state index in [2.05, 4.69) is 27.0 Å². The van der Waals surface area contributed by atoms with E-state index in [0.29, 0.717) is 23.2 Å². The predicted molar refractivity (Wildman–Crippen MR) is 89.0 cm³/mol. The quantitative estimate of drug-likeness (QED) is 0.850. The minimum atomic E-state index is 0.0884. The number of rotatable bonds is 3. The summed E-state index contributed by atoms with van der Waals surface area (Å²) < 4.78 is 10.4. The SMILES string of the molecule is Cc1nonc1CC(=O)N1CCC(c2onc3c2C[C@H](C)CC3)CC1. The number of aryl methyl sites for hydroxylation is 2. The third-order valence-electron chi connectivity index (χ3n) is 5.61. The van der Waals surface area contributed by atoms with Crippen LogP contribution < -0.4 is 0 Å². The standard InChI is InChI=1S/C18H24N4O3/c1-11-3-4-15-14(9-11)18(24-20-15)13-5-7-22(8-6-13)17(23)10-16-12(2)19-25-21-16/h11,13H,3-10H2,1-2H3/t11-/m1/s1. The summed E-state index contributed by atoms with van der Waals surface area (Å²) in [6.45, 7) is 5.60. The first kappa shape index (κ1) is 16.3. The third kappa shape index (κ3) is 3.19. The van der Waals surface area contributed by atoms with Gasteiger partial charge >= 0.3 is 0 Å². The fraction of sp³-hybridized carbons (Fsp3) is 0.667. The molecule has 0 spiro atoms. The summed E-state index contributed by atoms with van der Waals surface area (Å²) in [5.74, 6) is 2.24. The van der Waals surface area contributed by atoms with Gasteiger partial charge in [0.05, 0.1) is 12.1 Å². The largest absolute Gasteiger partial charge is 0.361 e. The lowest BCUT2D eigenvalue weighted by Gasteiger charge is -2.31. The topological polar surface area (TPSA) is 85.3 Å². The molecule has 1 amide bonds. The van der Waals surface area contributed by atoms with Crippen LogP contribution in [0.4, 0.5) is 0 Å². The molecule has 0 N–H and O–H groups in total. The Morgan fingerprint density at radius 3 is 2.72 bits per heavy atom. The minimum absolute atomic E-state index is 0.0884. The number of carbonyl (C=O) groups is 1. The summed E-state index contributed by atoms with van der Waals surface area (Å²) in [5, 5.41) is 11.8. The van der Waals surface area contributed by atoms with Crippen LogP contribution in [0, 0.1) is 12.8 Å². The molecule has 1 aliphatic carbocycles. The lowest BCUT2D eigenvalue weighted by atomic mass is 9.83. The van der Waals surface area contributed by atoms with Gasteiger partial charge in [0, 0.05) is 24.6 Å². The lowest BCUT2D eigenvalue weighted by molar-refractivity contribution is -0.131. The molecule has 0 unspecified atom stereocenters. The Labute approximate surface area is 146 Å². The van der Waals surface area contributed by atoms with Crippen molar-refractivity contribution in [3.05, 3.63) is 28.4 Å². The molecular formula is C18H24N4O3. The van der Waals surface area contributed by atoms with E-state index >= 15 is 0 Å². The molecule has 0 radical (unpaired) electrons. The van der Waals surface area contributed by atoms with E-state index in [4.69, 9.17) is 4.52 Å². The molecule has 1 fully saturated rings. The molecule has 7 heteroatoms. The Balaban J connectivity index is 1.38. The van der Waals surface area contributed by atoms with E-state index in [0.717, 1.165) is 50.2 Å². The van der Waals surface area contributed by atoms with Crippen molar-refractivity contribution in [2.45, 2.75) is 58.3 Å². The molecule has 2 aromatic rings. The van der Waals surface area contributed by atoms with Crippen molar-refractivity contribution in [2.75, 3.05) is 13.1 Å². The number of aromatic nitrogens is 3. The Bertz CT molecular complexity index is 758. The molecule has 2 aromatic heterocycles. The number of likely N-dealkylation sites (tertiary alicyclic amines) is 1. The minimum Gasteiger partial charge on any atom is -0.361 e. The maximum atomic E-state index is 12.5. The summed E-state index contributed by atoms with van der Waals surface area (Å²) >= 11 is 0. The molecule has 25 heavy (non-hydrogen) atoms. The van der Waals surface area contributed by atoms with Crippen molar-refractivity contribution in [1.29, 1.82) is 0 Å². The van der Waals surface area contributed by atoms with Gasteiger partial charge in [0.15, 0.2) is 0 Å². The molecule has 3 heterocycles. The summed E-state index contributed by atoms with van der Waals surface area (Å²) in [4.78, 5) is 14.4.